The number of nitrogens with zero attached hydrogens (tertiary/aromatic N) is 3. The number of hydrogen-bond acceptors (Lipinski definition) is 3. The van der Waals surface area contributed by atoms with Gasteiger partial charge in [0.25, 0.3) is 0 Å². The molecule has 1 aromatic heterocycles. The number of hydrogen-bond donors (Lipinski definition) is 1. The summed E-state index contributed by atoms with van der Waals surface area (Å²) in [6.07, 6.45) is 2.85. The van der Waals surface area contributed by atoms with Crippen LogP contribution in [-0.2, 0) is 11.3 Å². The molecular formula is C16H23N3O2. The van der Waals surface area contributed by atoms with Gasteiger partial charge in [0, 0.05) is 32.2 Å². The van der Waals surface area contributed by atoms with Crippen LogP contribution in [0.5, 0.6) is 0 Å². The van der Waals surface area contributed by atoms with Crippen LogP contribution in [0.1, 0.15) is 26.7 Å². The molecular weight excluding hydrogens is 266 g/mol. The van der Waals surface area contributed by atoms with Gasteiger partial charge in [0.2, 0.25) is 5.91 Å². The van der Waals surface area contributed by atoms with Crippen LogP contribution in [0.25, 0.3) is 11.0 Å². The molecule has 114 valence electrons. The lowest BCUT2D eigenvalue weighted by atomic mass is 10.2. The summed E-state index contributed by atoms with van der Waals surface area (Å²) in [5, 5.41) is 8.93. The maximum absolute atomic E-state index is 12.3. The molecule has 0 saturated heterocycles. The van der Waals surface area contributed by atoms with Gasteiger partial charge >= 0.3 is 0 Å². The van der Waals surface area contributed by atoms with E-state index in [4.69, 9.17) is 5.11 Å². The van der Waals surface area contributed by atoms with Crippen LogP contribution in [0.15, 0.2) is 30.6 Å². The van der Waals surface area contributed by atoms with Gasteiger partial charge in [0.15, 0.2) is 0 Å². The van der Waals surface area contributed by atoms with E-state index >= 15 is 0 Å². The summed E-state index contributed by atoms with van der Waals surface area (Å²) >= 11 is 0. The number of imidazole rings is 1. The highest BCUT2D eigenvalue weighted by molar-refractivity contribution is 5.77. The SMILES string of the molecule is CC(C)N(CCCO)C(=O)CCn1cnc2ccccc21. The monoisotopic (exact) mass is 289 g/mol. The van der Waals surface area contributed by atoms with E-state index in [1.54, 1.807) is 6.33 Å². The van der Waals surface area contributed by atoms with Crippen molar-refractivity contribution >= 4 is 16.9 Å². The van der Waals surface area contributed by atoms with Crippen LogP contribution in [0.2, 0.25) is 0 Å². The molecule has 5 heteroatoms. The lowest BCUT2D eigenvalue weighted by Gasteiger charge is -2.26. The van der Waals surface area contributed by atoms with Gasteiger partial charge in [-0.15, -0.1) is 0 Å². The number of para-hydroxylation sites is 2. The van der Waals surface area contributed by atoms with Crippen molar-refractivity contribution in [2.24, 2.45) is 0 Å². The molecule has 0 unspecified atom stereocenters. The lowest BCUT2D eigenvalue weighted by molar-refractivity contribution is -0.133. The van der Waals surface area contributed by atoms with Gasteiger partial charge in [-0.2, -0.15) is 0 Å². The molecule has 1 heterocycles. The maximum atomic E-state index is 12.3. The van der Waals surface area contributed by atoms with Crippen molar-refractivity contribution in [3.05, 3.63) is 30.6 Å². The smallest absolute Gasteiger partial charge is 0.224 e. The first-order chi connectivity index (χ1) is 10.1. The van der Waals surface area contributed by atoms with Crippen LogP contribution < -0.4 is 0 Å². The molecule has 1 amide bonds. The molecule has 2 aromatic rings. The van der Waals surface area contributed by atoms with Crippen molar-refractivity contribution in [3.63, 3.8) is 0 Å². The van der Waals surface area contributed by atoms with Crippen LogP contribution >= 0.6 is 0 Å². The van der Waals surface area contributed by atoms with E-state index < -0.39 is 0 Å². The summed E-state index contributed by atoms with van der Waals surface area (Å²) in [6, 6.07) is 8.07. The van der Waals surface area contributed by atoms with E-state index in [9.17, 15) is 4.79 Å². The van der Waals surface area contributed by atoms with Crippen LogP contribution in [-0.4, -0.2) is 44.7 Å². The van der Waals surface area contributed by atoms with Crippen molar-refractivity contribution in [2.75, 3.05) is 13.2 Å². The van der Waals surface area contributed by atoms with Gasteiger partial charge < -0.3 is 14.6 Å². The Morgan fingerprint density at radius 2 is 2.14 bits per heavy atom. The Kier molecular flexibility index (Phi) is 5.33. The van der Waals surface area contributed by atoms with Gasteiger partial charge in [-0.05, 0) is 32.4 Å². The van der Waals surface area contributed by atoms with Crippen LogP contribution in [0, 0.1) is 0 Å². The van der Waals surface area contributed by atoms with E-state index in [1.165, 1.54) is 0 Å². The van der Waals surface area contributed by atoms with E-state index in [2.05, 4.69) is 4.98 Å². The fourth-order valence-corrected chi connectivity index (χ4v) is 2.46. The molecule has 0 fully saturated rings. The molecule has 1 aromatic carbocycles. The maximum Gasteiger partial charge on any atom is 0.224 e. The van der Waals surface area contributed by atoms with Crippen molar-refractivity contribution in [1.82, 2.24) is 14.5 Å². The van der Waals surface area contributed by atoms with Gasteiger partial charge in [-0.1, -0.05) is 12.1 Å². The normalized spacial score (nSPS) is 11.2. The second-order valence-corrected chi connectivity index (χ2v) is 5.43. The molecule has 0 saturated carbocycles. The second kappa shape index (κ2) is 7.22. The topological polar surface area (TPSA) is 58.4 Å². The summed E-state index contributed by atoms with van der Waals surface area (Å²) in [5.41, 5.74) is 2.00. The number of amides is 1. The minimum absolute atomic E-state index is 0.114. The quantitative estimate of drug-likeness (QED) is 0.848. The number of aromatic nitrogens is 2. The first-order valence-electron chi connectivity index (χ1n) is 7.43. The predicted molar refractivity (Wildman–Crippen MR) is 82.9 cm³/mol. The minimum Gasteiger partial charge on any atom is -0.396 e. The summed E-state index contributed by atoms with van der Waals surface area (Å²) in [4.78, 5) is 18.5. The Labute approximate surface area is 125 Å². The molecule has 21 heavy (non-hydrogen) atoms. The number of aliphatic hydroxyl groups excluding tert-OH is 1. The molecule has 0 aliphatic rings. The third-order valence-corrected chi connectivity index (χ3v) is 3.59. The van der Waals surface area contributed by atoms with E-state index in [1.807, 2.05) is 47.6 Å². The van der Waals surface area contributed by atoms with E-state index in [0.717, 1.165) is 11.0 Å². The molecule has 0 aliphatic heterocycles. The summed E-state index contributed by atoms with van der Waals surface area (Å²) in [6.45, 7) is 5.35. The highest BCUT2D eigenvalue weighted by Gasteiger charge is 2.16. The third-order valence-electron chi connectivity index (χ3n) is 3.59. The molecule has 2 rings (SSSR count). The van der Waals surface area contributed by atoms with Crippen molar-refractivity contribution in [1.29, 1.82) is 0 Å². The first-order valence-corrected chi connectivity index (χ1v) is 7.43. The zero-order valence-electron chi connectivity index (χ0n) is 12.7. The van der Waals surface area contributed by atoms with Gasteiger partial charge in [0.05, 0.1) is 17.4 Å². The molecule has 0 radical (unpaired) electrons. The zero-order chi connectivity index (χ0) is 15.2. The number of aliphatic hydroxyl groups is 1. The number of fused-ring (bicyclic) bond motifs is 1. The molecule has 1 N–H and O–H groups in total. The van der Waals surface area contributed by atoms with Gasteiger partial charge in [-0.25, -0.2) is 4.98 Å². The zero-order valence-corrected chi connectivity index (χ0v) is 12.7. The average Bonchev–Trinajstić information content (AvgIpc) is 2.88. The Balaban J connectivity index is 1.99. The number of carbonyl (C=O) groups excluding carboxylic acids is 1. The molecule has 5 nitrogen and oxygen atoms in total. The summed E-state index contributed by atoms with van der Waals surface area (Å²) in [7, 11) is 0. The second-order valence-electron chi connectivity index (χ2n) is 5.43. The van der Waals surface area contributed by atoms with Crippen LogP contribution in [0.3, 0.4) is 0 Å². The summed E-state index contributed by atoms with van der Waals surface area (Å²) < 4.78 is 2.01. The van der Waals surface area contributed by atoms with E-state index in [0.29, 0.717) is 25.9 Å². The third kappa shape index (κ3) is 3.82. The van der Waals surface area contributed by atoms with Crippen LogP contribution in [0.4, 0.5) is 0 Å². The van der Waals surface area contributed by atoms with Crippen molar-refractivity contribution < 1.29 is 9.90 Å². The Hall–Kier alpha value is -1.88. The average molecular weight is 289 g/mol. The predicted octanol–water partition coefficient (Wildman–Crippen LogP) is 2.05. The standard InChI is InChI=1S/C16H23N3O2/c1-13(2)19(9-5-11-20)16(21)8-10-18-12-17-14-6-3-4-7-15(14)18/h3-4,6-7,12-13,20H,5,8-11H2,1-2H3. The van der Waals surface area contributed by atoms with Gasteiger partial charge in [0.1, 0.15) is 0 Å². The number of aryl methyl sites for hydroxylation is 1. The fourth-order valence-electron chi connectivity index (χ4n) is 2.46. The number of carbonyl (C=O) groups is 1. The fraction of sp³-hybridized carbons (Fsp3) is 0.500. The molecule has 0 spiro atoms. The largest absolute Gasteiger partial charge is 0.396 e. The lowest BCUT2D eigenvalue weighted by Crippen LogP contribution is -2.38. The molecule has 0 atom stereocenters. The van der Waals surface area contributed by atoms with Crippen molar-refractivity contribution in [2.45, 2.75) is 39.3 Å². The molecule has 0 bridgehead atoms. The minimum atomic E-state index is 0.114. The first kappa shape index (κ1) is 15.5. The van der Waals surface area contributed by atoms with Crippen molar-refractivity contribution in [3.8, 4) is 0 Å². The highest BCUT2D eigenvalue weighted by atomic mass is 16.3. The number of rotatable bonds is 7. The Morgan fingerprint density at radius 3 is 2.86 bits per heavy atom. The van der Waals surface area contributed by atoms with E-state index in [-0.39, 0.29) is 18.6 Å². The van der Waals surface area contributed by atoms with Gasteiger partial charge in [-0.3, -0.25) is 4.79 Å². The summed E-state index contributed by atoms with van der Waals surface area (Å²) in [5.74, 6) is 0.122. The highest BCUT2D eigenvalue weighted by Crippen LogP contribution is 2.13. The number of benzene rings is 1. The Morgan fingerprint density at radius 1 is 1.38 bits per heavy atom. The Bertz CT molecular complexity index is 592. The molecule has 0 aliphatic carbocycles.